The van der Waals surface area contributed by atoms with Crippen LogP contribution in [-0.4, -0.2) is 59.4 Å². The fraction of sp³-hybridized carbons (Fsp3) is 0.583. The van der Waals surface area contributed by atoms with Crippen LogP contribution in [0.2, 0.25) is 0 Å². The molecule has 0 saturated carbocycles. The maximum Gasteiger partial charge on any atom is 0.320 e. The number of Topliss-reactive ketones (excluding diaryl/α,β-unsaturated/α-hetero) is 1. The molecule has 1 aliphatic carbocycles. The van der Waals surface area contributed by atoms with E-state index >= 15 is 0 Å². The van der Waals surface area contributed by atoms with Gasteiger partial charge in [0.15, 0.2) is 17.3 Å². The van der Waals surface area contributed by atoms with Gasteiger partial charge in [-0.15, -0.1) is 0 Å². The highest BCUT2D eigenvalue weighted by atomic mass is 16.5. The summed E-state index contributed by atoms with van der Waals surface area (Å²) in [5.41, 5.74) is 1.27. The highest BCUT2D eigenvalue weighted by Crippen LogP contribution is 2.52. The normalized spacial score (nSPS) is 27.2. The summed E-state index contributed by atoms with van der Waals surface area (Å²) in [6, 6.07) is 2.67. The Morgan fingerprint density at radius 1 is 1.22 bits per heavy atom. The lowest BCUT2D eigenvalue weighted by Crippen LogP contribution is -2.61. The minimum absolute atomic E-state index is 0.125. The van der Waals surface area contributed by atoms with Crippen LogP contribution in [0.3, 0.4) is 0 Å². The van der Waals surface area contributed by atoms with Crippen LogP contribution in [0.4, 0.5) is 0 Å². The Labute approximate surface area is 188 Å². The molecule has 174 valence electrons. The summed E-state index contributed by atoms with van der Waals surface area (Å²) in [7, 11) is 3.18. The van der Waals surface area contributed by atoms with Gasteiger partial charge in [-0.1, -0.05) is 13.8 Å². The highest BCUT2D eigenvalue weighted by molar-refractivity contribution is 5.99. The Balaban J connectivity index is 1.87. The van der Waals surface area contributed by atoms with Gasteiger partial charge in [0.05, 0.1) is 25.8 Å². The number of hydrogen-bond donors (Lipinski definition) is 3. The van der Waals surface area contributed by atoms with Crippen molar-refractivity contribution in [1.82, 2.24) is 10.2 Å². The Morgan fingerprint density at radius 2 is 1.88 bits per heavy atom. The molecule has 0 bridgehead atoms. The maximum absolute atomic E-state index is 13.2. The molecule has 0 radical (unpaired) electrons. The minimum atomic E-state index is -1.73. The Morgan fingerprint density at radius 3 is 2.50 bits per heavy atom. The van der Waals surface area contributed by atoms with Gasteiger partial charge in [0, 0.05) is 25.1 Å². The molecular formula is C24H32N2O6. The van der Waals surface area contributed by atoms with E-state index in [1.165, 1.54) is 6.92 Å². The molecule has 1 aromatic rings. The number of hydrogen-bond acceptors (Lipinski definition) is 7. The van der Waals surface area contributed by atoms with Gasteiger partial charge in [-0.3, -0.25) is 14.9 Å². The van der Waals surface area contributed by atoms with Gasteiger partial charge in [0.1, 0.15) is 11.8 Å². The predicted molar refractivity (Wildman–Crippen MR) is 118 cm³/mol. The summed E-state index contributed by atoms with van der Waals surface area (Å²) in [4.78, 5) is 27.1. The van der Waals surface area contributed by atoms with Crippen LogP contribution in [0, 0.1) is 5.41 Å². The largest absolute Gasteiger partial charge is 0.493 e. The number of ether oxygens (including phenoxy) is 2. The molecule has 2 heterocycles. The molecule has 2 aliphatic heterocycles. The molecule has 0 fully saturated rings. The molecule has 3 atom stereocenters. The van der Waals surface area contributed by atoms with E-state index in [4.69, 9.17) is 9.47 Å². The van der Waals surface area contributed by atoms with E-state index in [0.717, 1.165) is 23.2 Å². The average molecular weight is 445 g/mol. The van der Waals surface area contributed by atoms with Crippen LogP contribution in [0.1, 0.15) is 57.2 Å². The van der Waals surface area contributed by atoms with Crippen molar-refractivity contribution in [1.29, 1.82) is 0 Å². The highest BCUT2D eigenvalue weighted by Gasteiger charge is 2.52. The molecular weight excluding hydrogens is 412 g/mol. The number of methoxy groups -OCH3 is 2. The summed E-state index contributed by atoms with van der Waals surface area (Å²) in [5, 5.41) is 24.1. The van der Waals surface area contributed by atoms with Gasteiger partial charge >= 0.3 is 5.97 Å². The van der Waals surface area contributed by atoms with Crippen LogP contribution in [0.25, 0.3) is 0 Å². The smallest absolute Gasteiger partial charge is 0.320 e. The van der Waals surface area contributed by atoms with Gasteiger partial charge in [-0.25, -0.2) is 0 Å². The summed E-state index contributed by atoms with van der Waals surface area (Å²) < 4.78 is 11.0. The van der Waals surface area contributed by atoms with E-state index in [1.807, 2.05) is 12.1 Å². The number of allylic oxidation sites excluding steroid dienone is 1. The van der Waals surface area contributed by atoms with E-state index in [2.05, 4.69) is 24.1 Å². The van der Waals surface area contributed by atoms with E-state index in [0.29, 0.717) is 36.5 Å². The first-order valence-corrected chi connectivity index (χ1v) is 11.0. The third-order valence-corrected chi connectivity index (χ3v) is 6.93. The molecule has 8 heteroatoms. The second kappa shape index (κ2) is 7.78. The number of carboxylic acid groups (broad SMARTS) is 1. The maximum atomic E-state index is 13.2. The number of carbonyl (C=O) groups is 2. The van der Waals surface area contributed by atoms with Crippen molar-refractivity contribution < 1.29 is 29.3 Å². The SMILES string of the molecule is COc1cc2c(cc1OC)C1CC(O)(NC(C)C(=O)O)C3=C(CC(C)(C)CC3=O)N1CC2. The van der Waals surface area contributed by atoms with E-state index < -0.39 is 17.7 Å². The van der Waals surface area contributed by atoms with Gasteiger partial charge in [-0.2, -0.15) is 0 Å². The summed E-state index contributed by atoms with van der Waals surface area (Å²) in [6.45, 7) is 6.29. The lowest BCUT2D eigenvalue weighted by molar-refractivity contribution is -0.143. The molecule has 8 nitrogen and oxygen atoms in total. The Kier molecular flexibility index (Phi) is 5.49. The zero-order valence-electron chi connectivity index (χ0n) is 19.3. The van der Waals surface area contributed by atoms with Crippen LogP contribution in [0.15, 0.2) is 23.4 Å². The van der Waals surface area contributed by atoms with Crippen molar-refractivity contribution in [2.45, 2.75) is 64.3 Å². The van der Waals surface area contributed by atoms with Crippen molar-refractivity contribution in [3.63, 3.8) is 0 Å². The zero-order valence-corrected chi connectivity index (χ0v) is 19.3. The number of carbonyl (C=O) groups excluding carboxylic acids is 1. The molecule has 0 amide bonds. The Hall–Kier alpha value is -2.58. The van der Waals surface area contributed by atoms with Crippen LogP contribution in [-0.2, 0) is 16.0 Å². The molecule has 1 aromatic carbocycles. The lowest BCUT2D eigenvalue weighted by Gasteiger charge is -2.53. The number of benzene rings is 1. The molecule has 0 spiro atoms. The number of carboxylic acids is 1. The van der Waals surface area contributed by atoms with Gasteiger partial charge < -0.3 is 24.6 Å². The molecule has 0 saturated heterocycles. The first-order valence-electron chi connectivity index (χ1n) is 11.0. The molecule has 0 aromatic heterocycles. The first-order chi connectivity index (χ1) is 15.0. The molecule has 3 aliphatic rings. The van der Waals surface area contributed by atoms with Crippen molar-refractivity contribution in [3.8, 4) is 11.5 Å². The van der Waals surface area contributed by atoms with Crippen LogP contribution < -0.4 is 14.8 Å². The van der Waals surface area contributed by atoms with Crippen LogP contribution in [0.5, 0.6) is 11.5 Å². The average Bonchev–Trinajstić information content (AvgIpc) is 2.70. The first kappa shape index (κ1) is 22.6. The quantitative estimate of drug-likeness (QED) is 0.594. The number of rotatable bonds is 5. The number of aliphatic hydroxyl groups is 1. The van der Waals surface area contributed by atoms with Crippen molar-refractivity contribution >= 4 is 11.8 Å². The summed E-state index contributed by atoms with van der Waals surface area (Å²) in [6.07, 6.45) is 1.89. The Bertz CT molecular complexity index is 1000. The van der Waals surface area contributed by atoms with Crippen molar-refractivity contribution in [2.24, 2.45) is 5.41 Å². The third-order valence-electron chi connectivity index (χ3n) is 6.93. The van der Waals surface area contributed by atoms with E-state index in [9.17, 15) is 19.8 Å². The van der Waals surface area contributed by atoms with Crippen molar-refractivity contribution in [3.05, 3.63) is 34.5 Å². The molecule has 3 N–H and O–H groups in total. The number of ketones is 1. The number of fused-ring (bicyclic) bond motifs is 4. The van der Waals surface area contributed by atoms with E-state index in [-0.39, 0.29) is 23.7 Å². The number of nitrogens with zero attached hydrogens (tertiary/aromatic N) is 1. The summed E-state index contributed by atoms with van der Waals surface area (Å²) >= 11 is 0. The fourth-order valence-electron chi connectivity index (χ4n) is 5.51. The number of nitrogens with one attached hydrogen (secondary N) is 1. The molecule has 3 unspecified atom stereocenters. The van der Waals surface area contributed by atoms with Crippen molar-refractivity contribution in [2.75, 3.05) is 20.8 Å². The van der Waals surface area contributed by atoms with Gasteiger partial charge in [0.25, 0.3) is 0 Å². The zero-order chi connectivity index (χ0) is 23.4. The lowest BCUT2D eigenvalue weighted by atomic mass is 9.68. The van der Waals surface area contributed by atoms with Crippen LogP contribution >= 0.6 is 0 Å². The third kappa shape index (κ3) is 3.65. The molecule has 4 rings (SSSR count). The standard InChI is InChI=1S/C24H32N2O6/c1-13(22(28)29)25-24(30)11-16-15-9-20(32-5)19(31-4)8-14(15)6-7-26(16)17-10-23(2,3)12-18(27)21(17)24/h8-9,13,16,25,30H,6-7,10-12H2,1-5H3,(H,28,29). The van der Waals surface area contributed by atoms with E-state index in [1.54, 1.807) is 14.2 Å². The topological polar surface area (TPSA) is 108 Å². The van der Waals surface area contributed by atoms with Gasteiger partial charge in [0.2, 0.25) is 0 Å². The molecule has 32 heavy (non-hydrogen) atoms. The second-order valence-electron chi connectivity index (χ2n) is 9.90. The predicted octanol–water partition coefficient (Wildman–Crippen LogP) is 2.40. The second-order valence-corrected chi connectivity index (χ2v) is 9.90. The number of aliphatic carboxylic acids is 1. The van der Waals surface area contributed by atoms with Gasteiger partial charge in [-0.05, 0) is 48.4 Å². The monoisotopic (exact) mass is 444 g/mol. The fourth-order valence-corrected chi connectivity index (χ4v) is 5.51. The summed E-state index contributed by atoms with van der Waals surface area (Å²) in [5.74, 6) is 0.0445. The minimum Gasteiger partial charge on any atom is -0.493 e.